The van der Waals surface area contributed by atoms with Crippen molar-refractivity contribution in [2.45, 2.75) is 27.2 Å². The van der Waals surface area contributed by atoms with Gasteiger partial charge in [0.05, 0.1) is 10.6 Å². The van der Waals surface area contributed by atoms with Crippen LogP contribution in [0, 0.1) is 0 Å². The first-order valence-corrected chi connectivity index (χ1v) is 6.43. The van der Waals surface area contributed by atoms with Gasteiger partial charge in [-0.15, -0.1) is 11.3 Å². The van der Waals surface area contributed by atoms with E-state index in [1.165, 1.54) is 9.75 Å². The fourth-order valence-corrected chi connectivity index (χ4v) is 2.21. The fraction of sp³-hybridized carbons (Fsp3) is 0.308. The molecule has 2 rings (SSSR count). The van der Waals surface area contributed by atoms with Crippen molar-refractivity contribution in [3.05, 3.63) is 35.2 Å². The highest BCUT2D eigenvalue weighted by molar-refractivity contribution is 7.15. The van der Waals surface area contributed by atoms with E-state index in [4.69, 9.17) is 5.73 Å². The van der Waals surface area contributed by atoms with E-state index in [2.05, 4.69) is 24.0 Å². The number of hydrogen-bond donors (Lipinski definition) is 1. The fourth-order valence-electron chi connectivity index (χ4n) is 1.29. The molecule has 2 aromatic heterocycles. The largest absolute Gasteiger partial charge is 0.384 e. The summed E-state index contributed by atoms with van der Waals surface area (Å²) in [5.41, 5.74) is 6.60. The molecule has 0 bridgehead atoms. The summed E-state index contributed by atoms with van der Waals surface area (Å²) in [6.07, 6.45) is 1.08. The summed E-state index contributed by atoms with van der Waals surface area (Å²) in [5.74, 6) is 0.578. The topological polar surface area (TPSA) is 38.9 Å². The maximum absolute atomic E-state index is 5.63. The molecule has 0 saturated carbocycles. The highest BCUT2D eigenvalue weighted by atomic mass is 32.1. The zero-order valence-corrected chi connectivity index (χ0v) is 10.8. The van der Waals surface area contributed by atoms with E-state index in [-0.39, 0.29) is 0 Å². The number of nitrogens with two attached hydrogens (primary N) is 1. The van der Waals surface area contributed by atoms with Crippen LogP contribution in [0.4, 0.5) is 5.82 Å². The van der Waals surface area contributed by atoms with Gasteiger partial charge >= 0.3 is 0 Å². The molecular weight excluding hydrogens is 216 g/mol. The van der Waals surface area contributed by atoms with Crippen molar-refractivity contribution in [3.8, 4) is 10.6 Å². The number of hydrogen-bond acceptors (Lipinski definition) is 3. The van der Waals surface area contributed by atoms with Crippen molar-refractivity contribution in [1.82, 2.24) is 4.98 Å². The summed E-state index contributed by atoms with van der Waals surface area (Å²) in [7, 11) is 0. The van der Waals surface area contributed by atoms with Crippen LogP contribution in [0.15, 0.2) is 30.3 Å². The van der Waals surface area contributed by atoms with Gasteiger partial charge in [-0.25, -0.2) is 4.98 Å². The third kappa shape index (κ3) is 3.07. The molecule has 0 fully saturated rings. The maximum atomic E-state index is 5.63. The van der Waals surface area contributed by atoms with E-state index in [9.17, 15) is 0 Å². The number of rotatable bonds is 2. The average molecular weight is 234 g/mol. The zero-order valence-electron chi connectivity index (χ0n) is 10.0. The SMILES string of the molecule is CC.CCc1ccc(-c2cccc(N)n2)s1. The molecule has 0 radical (unpaired) electrons. The van der Waals surface area contributed by atoms with Gasteiger partial charge in [0.1, 0.15) is 5.82 Å². The Hall–Kier alpha value is -1.35. The van der Waals surface area contributed by atoms with Crippen LogP contribution in [-0.4, -0.2) is 4.98 Å². The normalized spacial score (nSPS) is 9.44. The van der Waals surface area contributed by atoms with Crippen LogP contribution in [0.1, 0.15) is 25.6 Å². The van der Waals surface area contributed by atoms with Gasteiger partial charge in [-0.2, -0.15) is 0 Å². The number of aromatic nitrogens is 1. The molecule has 0 aliphatic heterocycles. The Morgan fingerprint density at radius 2 is 1.94 bits per heavy atom. The average Bonchev–Trinajstić information content (AvgIpc) is 2.80. The quantitative estimate of drug-likeness (QED) is 0.853. The molecule has 86 valence electrons. The van der Waals surface area contributed by atoms with E-state index in [0.29, 0.717) is 5.82 Å². The standard InChI is InChI=1S/C11H12N2S.C2H6/c1-2-8-6-7-10(14-8)9-4-3-5-11(12)13-9;1-2/h3-7H,2H2,1H3,(H2,12,13);1-2H3. The van der Waals surface area contributed by atoms with E-state index in [1.807, 2.05) is 26.0 Å². The predicted octanol–water partition coefficient (Wildman–Crippen LogP) is 3.98. The minimum absolute atomic E-state index is 0.578. The second kappa shape index (κ2) is 6.28. The molecule has 0 aromatic carbocycles. The number of aryl methyl sites for hydroxylation is 1. The van der Waals surface area contributed by atoms with Gasteiger partial charge in [0.25, 0.3) is 0 Å². The van der Waals surface area contributed by atoms with Gasteiger partial charge in [-0.1, -0.05) is 26.8 Å². The molecule has 0 amide bonds. The summed E-state index contributed by atoms with van der Waals surface area (Å²) in [6.45, 7) is 6.16. The molecule has 0 aliphatic rings. The van der Waals surface area contributed by atoms with Crippen molar-refractivity contribution in [2.75, 3.05) is 5.73 Å². The van der Waals surface area contributed by atoms with Crippen LogP contribution in [-0.2, 0) is 6.42 Å². The number of thiophene rings is 1. The van der Waals surface area contributed by atoms with Crippen LogP contribution < -0.4 is 5.73 Å². The Kier molecular flexibility index (Phi) is 4.99. The Balaban J connectivity index is 0.000000606. The Morgan fingerprint density at radius 1 is 1.19 bits per heavy atom. The monoisotopic (exact) mass is 234 g/mol. The number of nitrogen functional groups attached to an aromatic ring is 1. The number of anilines is 1. The van der Waals surface area contributed by atoms with Crippen molar-refractivity contribution >= 4 is 17.2 Å². The third-order valence-electron chi connectivity index (χ3n) is 2.03. The van der Waals surface area contributed by atoms with Gasteiger partial charge in [-0.05, 0) is 30.7 Å². The molecule has 16 heavy (non-hydrogen) atoms. The lowest BCUT2D eigenvalue weighted by Gasteiger charge is -1.97. The Labute approximate surface area is 101 Å². The molecular formula is C13H18N2S. The lowest BCUT2D eigenvalue weighted by Crippen LogP contribution is -1.89. The molecule has 0 aliphatic carbocycles. The first-order valence-electron chi connectivity index (χ1n) is 5.61. The van der Waals surface area contributed by atoms with E-state index >= 15 is 0 Å². The summed E-state index contributed by atoms with van der Waals surface area (Å²) >= 11 is 1.78. The Bertz CT molecular complexity index is 435. The first kappa shape index (κ1) is 12.7. The lowest BCUT2D eigenvalue weighted by atomic mass is 10.3. The smallest absolute Gasteiger partial charge is 0.124 e. The number of nitrogens with zero attached hydrogens (tertiary/aromatic N) is 1. The van der Waals surface area contributed by atoms with Crippen LogP contribution in [0.3, 0.4) is 0 Å². The highest BCUT2D eigenvalue weighted by Crippen LogP contribution is 2.27. The van der Waals surface area contributed by atoms with Gasteiger partial charge in [0, 0.05) is 4.88 Å². The summed E-state index contributed by atoms with van der Waals surface area (Å²) in [6, 6.07) is 9.97. The van der Waals surface area contributed by atoms with Gasteiger partial charge in [0.15, 0.2) is 0 Å². The molecule has 0 spiro atoms. The summed E-state index contributed by atoms with van der Waals surface area (Å²) in [5, 5.41) is 0. The first-order chi connectivity index (χ1) is 7.79. The van der Waals surface area contributed by atoms with Crippen LogP contribution in [0.2, 0.25) is 0 Å². The number of pyridine rings is 1. The third-order valence-corrected chi connectivity index (χ3v) is 3.29. The zero-order chi connectivity index (χ0) is 12.0. The van der Waals surface area contributed by atoms with Crippen molar-refractivity contribution in [3.63, 3.8) is 0 Å². The molecule has 0 unspecified atom stereocenters. The second-order valence-corrected chi connectivity index (χ2v) is 4.24. The Morgan fingerprint density at radius 3 is 2.50 bits per heavy atom. The van der Waals surface area contributed by atoms with Crippen molar-refractivity contribution in [1.29, 1.82) is 0 Å². The minimum Gasteiger partial charge on any atom is -0.384 e. The van der Waals surface area contributed by atoms with E-state index < -0.39 is 0 Å². The molecule has 3 heteroatoms. The molecule has 2 aromatic rings. The molecule has 0 atom stereocenters. The lowest BCUT2D eigenvalue weighted by molar-refractivity contribution is 1.19. The minimum atomic E-state index is 0.578. The van der Waals surface area contributed by atoms with Crippen LogP contribution in [0.5, 0.6) is 0 Å². The summed E-state index contributed by atoms with van der Waals surface area (Å²) in [4.78, 5) is 6.85. The van der Waals surface area contributed by atoms with E-state index in [1.54, 1.807) is 17.4 Å². The molecule has 2 heterocycles. The highest BCUT2D eigenvalue weighted by Gasteiger charge is 2.02. The van der Waals surface area contributed by atoms with Gasteiger partial charge in [-0.3, -0.25) is 0 Å². The van der Waals surface area contributed by atoms with Crippen LogP contribution >= 0.6 is 11.3 Å². The molecule has 0 saturated heterocycles. The summed E-state index contributed by atoms with van der Waals surface area (Å²) < 4.78 is 0. The predicted molar refractivity (Wildman–Crippen MR) is 72.7 cm³/mol. The molecule has 2 N–H and O–H groups in total. The second-order valence-electron chi connectivity index (χ2n) is 3.07. The van der Waals surface area contributed by atoms with E-state index in [0.717, 1.165) is 12.1 Å². The van der Waals surface area contributed by atoms with Gasteiger partial charge < -0.3 is 5.73 Å². The van der Waals surface area contributed by atoms with Crippen LogP contribution in [0.25, 0.3) is 10.6 Å². The van der Waals surface area contributed by atoms with Crippen molar-refractivity contribution in [2.24, 2.45) is 0 Å². The molecule has 2 nitrogen and oxygen atoms in total. The van der Waals surface area contributed by atoms with Crippen molar-refractivity contribution < 1.29 is 0 Å². The van der Waals surface area contributed by atoms with Gasteiger partial charge in [0.2, 0.25) is 0 Å². The maximum Gasteiger partial charge on any atom is 0.124 e.